The van der Waals surface area contributed by atoms with E-state index in [1.165, 1.54) is 11.0 Å². The Balaban J connectivity index is 2.94. The van der Waals surface area contributed by atoms with Crippen LogP contribution in [0.25, 0.3) is 0 Å². The highest BCUT2D eigenvalue weighted by Gasteiger charge is 2.07. The van der Waals surface area contributed by atoms with Crippen LogP contribution in [0.2, 0.25) is 0 Å². The number of ketones is 1. The zero-order valence-electron chi connectivity index (χ0n) is 8.34. The molecule has 0 fully saturated rings. The molecule has 2 nitrogen and oxygen atoms in total. The summed E-state index contributed by atoms with van der Waals surface area (Å²) in [6.45, 7) is 0. The van der Waals surface area contributed by atoms with Crippen LogP contribution in [0.3, 0.4) is 0 Å². The van der Waals surface area contributed by atoms with Crippen LogP contribution in [0.15, 0.2) is 18.2 Å². The number of carbonyl (C=O) groups is 1. The van der Waals surface area contributed by atoms with Crippen molar-refractivity contribution in [2.24, 2.45) is 0 Å². The van der Waals surface area contributed by atoms with Gasteiger partial charge in [0.05, 0.1) is 0 Å². The van der Waals surface area contributed by atoms with Gasteiger partial charge in [-0.1, -0.05) is 0 Å². The van der Waals surface area contributed by atoms with Crippen LogP contribution in [0.1, 0.15) is 10.4 Å². The van der Waals surface area contributed by atoms with E-state index in [4.69, 9.17) is 0 Å². The lowest BCUT2D eigenvalue weighted by molar-refractivity contribution is 0.105. The topological polar surface area (TPSA) is 20.3 Å². The van der Waals surface area contributed by atoms with Crippen LogP contribution in [-0.2, 0) is 0 Å². The fourth-order valence-electron chi connectivity index (χ4n) is 0.872. The summed E-state index contributed by atoms with van der Waals surface area (Å²) in [6, 6.07) is 5.43. The molecule has 78 valence electrons. The second-order valence-electron chi connectivity index (χ2n) is 3.09. The lowest BCUT2D eigenvalue weighted by Gasteiger charge is -1.98. The number of hydrogen-bond donors (Lipinski definition) is 0. The zero-order chi connectivity index (χ0) is 11.4. The Labute approximate surface area is 86.5 Å². The van der Waals surface area contributed by atoms with Crippen molar-refractivity contribution >= 4 is 5.78 Å². The first-order chi connectivity index (χ1) is 7.00. The molecule has 0 N–H and O–H groups in total. The number of Topliss-reactive ketones (excluding diaryl/α,β-unsaturated/α-hetero) is 1. The summed E-state index contributed by atoms with van der Waals surface area (Å²) in [5, 5.41) is 0. The lowest BCUT2D eigenvalue weighted by Crippen LogP contribution is -2.04. The molecule has 4 heteroatoms. The normalized spacial score (nSPS) is 9.07. The molecule has 1 aromatic carbocycles. The number of benzene rings is 1. The van der Waals surface area contributed by atoms with Gasteiger partial charge < -0.3 is 4.90 Å². The SMILES string of the molecule is CN(C)C#CC(=O)c1ccc(F)c(F)c1. The first-order valence-corrected chi connectivity index (χ1v) is 4.19. The molecular formula is C11H9F2NO. The summed E-state index contributed by atoms with van der Waals surface area (Å²) >= 11 is 0. The Morgan fingerprint density at radius 1 is 1.27 bits per heavy atom. The number of hydrogen-bond acceptors (Lipinski definition) is 2. The number of carbonyl (C=O) groups excluding carboxylic acids is 1. The van der Waals surface area contributed by atoms with E-state index in [0.29, 0.717) is 0 Å². The van der Waals surface area contributed by atoms with E-state index in [2.05, 4.69) is 12.0 Å². The van der Waals surface area contributed by atoms with Crippen molar-refractivity contribution in [1.82, 2.24) is 4.90 Å². The highest BCUT2D eigenvalue weighted by atomic mass is 19.2. The van der Waals surface area contributed by atoms with E-state index in [9.17, 15) is 13.6 Å². The second kappa shape index (κ2) is 4.56. The van der Waals surface area contributed by atoms with Gasteiger partial charge in [0.15, 0.2) is 11.6 Å². The molecule has 0 aliphatic rings. The molecule has 0 heterocycles. The van der Waals surface area contributed by atoms with Gasteiger partial charge in [0.1, 0.15) is 0 Å². The van der Waals surface area contributed by atoms with Gasteiger partial charge in [0.2, 0.25) is 5.78 Å². The molecule has 0 bridgehead atoms. The van der Waals surface area contributed by atoms with Crippen molar-refractivity contribution in [2.45, 2.75) is 0 Å². The standard InChI is InChI=1S/C11H9F2NO/c1-14(2)6-5-11(15)8-3-4-9(12)10(13)7-8/h3-4,7H,1-2H3. The van der Waals surface area contributed by atoms with Gasteiger partial charge in [-0.2, -0.15) is 0 Å². The third-order valence-electron chi connectivity index (χ3n) is 1.57. The largest absolute Gasteiger partial charge is 0.338 e. The molecule has 0 aliphatic heterocycles. The predicted molar refractivity (Wildman–Crippen MR) is 52.2 cm³/mol. The second-order valence-corrected chi connectivity index (χ2v) is 3.09. The number of halogens is 2. The van der Waals surface area contributed by atoms with Crippen LogP contribution in [0.4, 0.5) is 8.78 Å². The molecule has 0 radical (unpaired) electrons. The fourth-order valence-corrected chi connectivity index (χ4v) is 0.872. The molecule has 1 aromatic rings. The Bertz CT molecular complexity index is 444. The van der Waals surface area contributed by atoms with Crippen LogP contribution in [0, 0.1) is 23.6 Å². The van der Waals surface area contributed by atoms with Crippen LogP contribution in [-0.4, -0.2) is 24.8 Å². The van der Waals surface area contributed by atoms with E-state index < -0.39 is 17.4 Å². The quantitative estimate of drug-likeness (QED) is 0.398. The van der Waals surface area contributed by atoms with Gasteiger partial charge in [0, 0.05) is 25.7 Å². The highest BCUT2D eigenvalue weighted by Crippen LogP contribution is 2.08. The Hall–Kier alpha value is -1.89. The van der Waals surface area contributed by atoms with Crippen molar-refractivity contribution in [1.29, 1.82) is 0 Å². The maximum atomic E-state index is 12.8. The maximum absolute atomic E-state index is 12.8. The Morgan fingerprint density at radius 2 is 1.93 bits per heavy atom. The van der Waals surface area contributed by atoms with Crippen molar-refractivity contribution in [3.8, 4) is 12.0 Å². The third-order valence-corrected chi connectivity index (χ3v) is 1.57. The van der Waals surface area contributed by atoms with E-state index in [1.54, 1.807) is 14.1 Å². The average molecular weight is 209 g/mol. The van der Waals surface area contributed by atoms with Crippen LogP contribution >= 0.6 is 0 Å². The molecule has 15 heavy (non-hydrogen) atoms. The fraction of sp³-hybridized carbons (Fsp3) is 0.182. The third kappa shape index (κ3) is 3.06. The summed E-state index contributed by atoms with van der Waals surface area (Å²) in [4.78, 5) is 12.8. The van der Waals surface area contributed by atoms with E-state index >= 15 is 0 Å². The van der Waals surface area contributed by atoms with Crippen molar-refractivity contribution < 1.29 is 13.6 Å². The van der Waals surface area contributed by atoms with Gasteiger partial charge in [-0.3, -0.25) is 4.79 Å². The molecular weight excluding hydrogens is 200 g/mol. The summed E-state index contributed by atoms with van der Waals surface area (Å²) in [5.41, 5.74) is 0.0447. The first kappa shape index (κ1) is 11.2. The van der Waals surface area contributed by atoms with Gasteiger partial charge in [-0.25, -0.2) is 8.78 Å². The Kier molecular flexibility index (Phi) is 3.40. The summed E-state index contributed by atoms with van der Waals surface area (Å²) < 4.78 is 25.3. The first-order valence-electron chi connectivity index (χ1n) is 4.19. The molecule has 0 spiro atoms. The molecule has 0 saturated carbocycles. The van der Waals surface area contributed by atoms with E-state index in [-0.39, 0.29) is 5.56 Å². The molecule has 0 unspecified atom stereocenters. The average Bonchev–Trinajstić information content (AvgIpc) is 2.18. The minimum Gasteiger partial charge on any atom is -0.338 e. The van der Waals surface area contributed by atoms with Crippen LogP contribution in [0.5, 0.6) is 0 Å². The molecule has 1 rings (SSSR count). The van der Waals surface area contributed by atoms with Crippen LogP contribution < -0.4 is 0 Å². The minimum atomic E-state index is -1.05. The molecule has 0 atom stereocenters. The van der Waals surface area contributed by atoms with E-state index in [0.717, 1.165) is 12.1 Å². The lowest BCUT2D eigenvalue weighted by atomic mass is 10.1. The van der Waals surface area contributed by atoms with Crippen molar-refractivity contribution in [3.63, 3.8) is 0 Å². The molecule has 0 saturated heterocycles. The molecule has 0 aromatic heterocycles. The Morgan fingerprint density at radius 3 is 2.47 bits per heavy atom. The number of nitrogens with zero attached hydrogens (tertiary/aromatic N) is 1. The zero-order valence-corrected chi connectivity index (χ0v) is 8.34. The smallest absolute Gasteiger partial charge is 0.237 e. The molecule has 0 aliphatic carbocycles. The number of rotatable bonds is 1. The minimum absolute atomic E-state index is 0.0447. The van der Waals surface area contributed by atoms with E-state index in [1.807, 2.05) is 0 Å². The molecule has 0 amide bonds. The summed E-state index contributed by atoms with van der Waals surface area (Å²) in [6.07, 6.45) is 0. The monoisotopic (exact) mass is 209 g/mol. The van der Waals surface area contributed by atoms with Gasteiger partial charge in [0.25, 0.3) is 0 Å². The highest BCUT2D eigenvalue weighted by molar-refractivity contribution is 6.08. The van der Waals surface area contributed by atoms with Crippen molar-refractivity contribution in [3.05, 3.63) is 35.4 Å². The van der Waals surface area contributed by atoms with Gasteiger partial charge in [-0.15, -0.1) is 0 Å². The van der Waals surface area contributed by atoms with Gasteiger partial charge in [-0.05, 0) is 24.1 Å². The maximum Gasteiger partial charge on any atom is 0.237 e. The summed E-state index contributed by atoms with van der Waals surface area (Å²) in [7, 11) is 3.34. The summed E-state index contributed by atoms with van der Waals surface area (Å²) in [5.74, 6) is -0.274. The van der Waals surface area contributed by atoms with Crippen molar-refractivity contribution in [2.75, 3.05) is 14.1 Å². The predicted octanol–water partition coefficient (Wildman–Crippen LogP) is 1.67. The van der Waals surface area contributed by atoms with Gasteiger partial charge >= 0.3 is 0 Å².